The molecule has 1 aliphatic rings. The first kappa shape index (κ1) is 13.0. The fraction of sp³-hybridized carbons (Fsp3) is 0.455. The summed E-state index contributed by atoms with van der Waals surface area (Å²) >= 11 is 0. The summed E-state index contributed by atoms with van der Waals surface area (Å²) in [6, 6.07) is 3.74. The lowest BCUT2D eigenvalue weighted by Gasteiger charge is -2.15. The minimum atomic E-state index is -0.549. The van der Waals surface area contributed by atoms with Gasteiger partial charge in [-0.3, -0.25) is 0 Å². The summed E-state index contributed by atoms with van der Waals surface area (Å²) in [4.78, 5) is 12.4. The smallest absolute Gasteiger partial charge is 0.186 e. The number of aliphatic hydroxyl groups excluding tert-OH is 1. The lowest BCUT2D eigenvalue weighted by Crippen LogP contribution is -2.29. The maximum Gasteiger partial charge on any atom is 0.186 e. The molecule has 0 saturated carbocycles. The van der Waals surface area contributed by atoms with Gasteiger partial charge in [0.05, 0.1) is 6.61 Å². The predicted octanol–water partition coefficient (Wildman–Crippen LogP) is 0.586. The van der Waals surface area contributed by atoms with Crippen molar-refractivity contribution in [3.05, 3.63) is 28.9 Å². The van der Waals surface area contributed by atoms with E-state index in [1.165, 1.54) is 12.1 Å². The van der Waals surface area contributed by atoms with Crippen LogP contribution in [-0.4, -0.2) is 43.2 Å². The molecule has 2 rings (SSSR count). The van der Waals surface area contributed by atoms with E-state index in [1.807, 2.05) is 12.8 Å². The topological polar surface area (TPSA) is 62.1 Å². The Bertz CT molecular complexity index is 446. The van der Waals surface area contributed by atoms with E-state index in [4.69, 9.17) is 9.84 Å². The molecule has 0 bridgehead atoms. The van der Waals surface area contributed by atoms with Crippen molar-refractivity contribution >= 4 is 13.7 Å². The summed E-state index contributed by atoms with van der Waals surface area (Å²) in [5.74, 6) is -0.256. The van der Waals surface area contributed by atoms with Crippen LogP contribution in [0, 0.1) is 10.7 Å². The molecule has 1 heterocycles. The quantitative estimate of drug-likeness (QED) is 0.629. The van der Waals surface area contributed by atoms with Crippen LogP contribution in [0.1, 0.15) is 6.42 Å². The van der Waals surface area contributed by atoms with E-state index in [0.29, 0.717) is 18.7 Å². The van der Waals surface area contributed by atoms with E-state index < -0.39 is 5.82 Å². The Labute approximate surface area is 105 Å². The fourth-order valence-electron chi connectivity index (χ4n) is 2.19. The summed E-state index contributed by atoms with van der Waals surface area (Å²) < 4.78 is 18.8. The highest BCUT2D eigenvalue weighted by Gasteiger charge is 2.29. The second kappa shape index (κ2) is 5.45. The number of hydrogen-bond donors (Lipinski definition) is 1. The number of benzene rings is 1. The van der Waals surface area contributed by atoms with Gasteiger partial charge in [-0.2, -0.15) is 0 Å². The summed E-state index contributed by atoms with van der Waals surface area (Å²) in [5.41, 5.74) is 0.00931. The monoisotopic (exact) mass is 252 g/mol. The molecule has 18 heavy (non-hydrogen) atoms. The Morgan fingerprint density at radius 1 is 1.56 bits per heavy atom. The molecule has 2 atom stereocenters. The van der Waals surface area contributed by atoms with Gasteiger partial charge in [-0.25, -0.2) is 4.39 Å². The number of nitroso groups, excluding NO2 is 1. The number of halogens is 1. The standard InChI is InChI=1S/C11H14BFN2O3/c12-15-5-11(4-9(15)6-16)18-10-2-7(13)1-8(3-10)14-17/h1-3,9,11,16H,4-6,12H2/t9-,11+/m0/s1. The van der Waals surface area contributed by atoms with Gasteiger partial charge in [0.1, 0.15) is 23.4 Å². The van der Waals surface area contributed by atoms with Gasteiger partial charge in [0, 0.05) is 37.2 Å². The Hall–Kier alpha value is -1.47. The third kappa shape index (κ3) is 2.86. The minimum Gasteiger partial charge on any atom is -0.489 e. The van der Waals surface area contributed by atoms with Crippen LogP contribution < -0.4 is 4.74 Å². The molecule has 1 aromatic carbocycles. The third-order valence-corrected chi connectivity index (χ3v) is 3.12. The third-order valence-electron chi connectivity index (χ3n) is 3.12. The highest BCUT2D eigenvalue weighted by molar-refractivity contribution is 6.04. The number of nitrogens with zero attached hydrogens (tertiary/aromatic N) is 2. The minimum absolute atomic E-state index is 0.00931. The van der Waals surface area contributed by atoms with Crippen molar-refractivity contribution in [2.75, 3.05) is 13.2 Å². The van der Waals surface area contributed by atoms with Crippen molar-refractivity contribution in [1.29, 1.82) is 0 Å². The van der Waals surface area contributed by atoms with Crippen LogP contribution in [0.3, 0.4) is 0 Å². The molecule has 1 aromatic rings. The lowest BCUT2D eigenvalue weighted by atomic mass is 10.2. The normalized spacial score (nSPS) is 24.1. The van der Waals surface area contributed by atoms with Crippen molar-refractivity contribution in [3.8, 4) is 5.75 Å². The molecule has 1 saturated heterocycles. The molecule has 0 unspecified atom stereocenters. The van der Waals surface area contributed by atoms with Crippen LogP contribution in [-0.2, 0) is 0 Å². The van der Waals surface area contributed by atoms with Crippen LogP contribution in [0.25, 0.3) is 0 Å². The molecule has 7 heteroatoms. The summed E-state index contributed by atoms with van der Waals surface area (Å²) in [6.07, 6.45) is 0.557. The second-order valence-electron chi connectivity index (χ2n) is 4.49. The van der Waals surface area contributed by atoms with E-state index in [-0.39, 0.29) is 24.4 Å². The average molecular weight is 252 g/mol. The highest BCUT2D eigenvalue weighted by atomic mass is 19.1. The first-order valence-corrected chi connectivity index (χ1v) is 5.74. The maximum atomic E-state index is 13.2. The van der Waals surface area contributed by atoms with Crippen LogP contribution in [0.15, 0.2) is 23.4 Å². The summed E-state index contributed by atoms with van der Waals surface area (Å²) in [5, 5.41) is 11.8. The first-order valence-electron chi connectivity index (χ1n) is 5.74. The fourth-order valence-corrected chi connectivity index (χ4v) is 2.19. The molecular formula is C11H14BFN2O3. The molecule has 0 radical (unpaired) electrons. The first-order chi connectivity index (χ1) is 8.62. The number of aliphatic hydroxyl groups is 1. The Kier molecular flexibility index (Phi) is 3.93. The molecule has 0 aromatic heterocycles. The van der Waals surface area contributed by atoms with Gasteiger partial charge in [0.15, 0.2) is 7.98 Å². The molecule has 1 aliphatic heterocycles. The summed E-state index contributed by atoms with van der Waals surface area (Å²) in [7, 11) is 1.90. The summed E-state index contributed by atoms with van der Waals surface area (Å²) in [6.45, 7) is 0.728. The van der Waals surface area contributed by atoms with E-state index in [2.05, 4.69) is 5.18 Å². The van der Waals surface area contributed by atoms with Crippen LogP contribution >= 0.6 is 0 Å². The molecule has 0 amide bonds. The van der Waals surface area contributed by atoms with Crippen LogP contribution in [0.4, 0.5) is 10.1 Å². The number of ether oxygens (including phenoxy) is 1. The zero-order valence-electron chi connectivity index (χ0n) is 10.0. The second-order valence-corrected chi connectivity index (χ2v) is 4.49. The van der Waals surface area contributed by atoms with Gasteiger partial charge in [-0.05, 0) is 5.18 Å². The molecule has 1 N–H and O–H groups in total. The van der Waals surface area contributed by atoms with Crippen molar-refractivity contribution in [1.82, 2.24) is 4.81 Å². The molecule has 96 valence electrons. The average Bonchev–Trinajstić information content (AvgIpc) is 2.68. The van der Waals surface area contributed by atoms with Gasteiger partial charge in [0.25, 0.3) is 0 Å². The van der Waals surface area contributed by atoms with Crippen molar-refractivity contribution in [2.24, 2.45) is 5.18 Å². The zero-order chi connectivity index (χ0) is 13.1. The SMILES string of the molecule is BN1C[C@H](Oc2cc(F)cc(N=O)c2)C[C@H]1CO. The van der Waals surface area contributed by atoms with Crippen LogP contribution in [0.2, 0.25) is 0 Å². The van der Waals surface area contributed by atoms with Gasteiger partial charge >= 0.3 is 0 Å². The largest absolute Gasteiger partial charge is 0.489 e. The lowest BCUT2D eigenvalue weighted by molar-refractivity contribution is 0.204. The zero-order valence-corrected chi connectivity index (χ0v) is 10.0. The van der Waals surface area contributed by atoms with Crippen molar-refractivity contribution in [2.45, 2.75) is 18.6 Å². The molecule has 0 aliphatic carbocycles. The van der Waals surface area contributed by atoms with E-state index in [9.17, 15) is 9.30 Å². The van der Waals surface area contributed by atoms with Crippen molar-refractivity contribution in [3.63, 3.8) is 0 Å². The van der Waals surface area contributed by atoms with Gasteiger partial charge in [-0.1, -0.05) is 0 Å². The molecule has 1 fully saturated rings. The Morgan fingerprint density at radius 2 is 2.33 bits per heavy atom. The van der Waals surface area contributed by atoms with E-state index in [0.717, 1.165) is 6.07 Å². The van der Waals surface area contributed by atoms with Crippen molar-refractivity contribution < 1.29 is 14.2 Å². The van der Waals surface area contributed by atoms with E-state index in [1.54, 1.807) is 0 Å². The molecular weight excluding hydrogens is 238 g/mol. The molecule has 5 nitrogen and oxygen atoms in total. The van der Waals surface area contributed by atoms with E-state index >= 15 is 0 Å². The maximum absolute atomic E-state index is 13.2. The van der Waals surface area contributed by atoms with Gasteiger partial charge in [0.2, 0.25) is 0 Å². The Morgan fingerprint density at radius 3 is 2.94 bits per heavy atom. The predicted molar refractivity (Wildman–Crippen MR) is 67.0 cm³/mol. The number of hydrogen-bond acceptors (Lipinski definition) is 5. The Balaban J connectivity index is 2.06. The number of rotatable bonds is 4. The van der Waals surface area contributed by atoms with Gasteiger partial charge < -0.3 is 14.7 Å². The highest BCUT2D eigenvalue weighted by Crippen LogP contribution is 2.26. The molecule has 0 spiro atoms. The van der Waals surface area contributed by atoms with Gasteiger partial charge in [-0.15, -0.1) is 4.91 Å². The van der Waals surface area contributed by atoms with Crippen LogP contribution in [0.5, 0.6) is 5.75 Å².